The lowest BCUT2D eigenvalue weighted by atomic mass is 10.0. The number of nitrogens with two attached hydrogens (primary N) is 1. The zero-order chi connectivity index (χ0) is 16.2. The van der Waals surface area contributed by atoms with Crippen LogP contribution in [0.15, 0.2) is 60.7 Å². The van der Waals surface area contributed by atoms with E-state index in [1.165, 1.54) is 11.1 Å². The fraction of sp³-hybridized carbons (Fsp3) is 0.294. The van der Waals surface area contributed by atoms with E-state index >= 15 is 0 Å². The van der Waals surface area contributed by atoms with E-state index in [0.717, 1.165) is 12.8 Å². The third kappa shape index (κ3) is 8.65. The summed E-state index contributed by atoms with van der Waals surface area (Å²) < 4.78 is 14.1. The Balaban J connectivity index is 0.000000261. The van der Waals surface area contributed by atoms with E-state index in [4.69, 9.17) is 10.6 Å². The van der Waals surface area contributed by atoms with Crippen LogP contribution in [0.1, 0.15) is 24.5 Å². The smallest absolute Gasteiger partial charge is 0.302 e. The van der Waals surface area contributed by atoms with E-state index in [1.807, 2.05) is 0 Å². The largest absolute Gasteiger partial charge is 0.696 e. The van der Waals surface area contributed by atoms with Crippen LogP contribution in [-0.4, -0.2) is 11.1 Å². The minimum atomic E-state index is -2.52. The van der Waals surface area contributed by atoms with Crippen molar-refractivity contribution in [3.63, 3.8) is 0 Å². The first-order chi connectivity index (χ1) is 10.6. The highest BCUT2D eigenvalue weighted by atomic mass is 31.1. The van der Waals surface area contributed by atoms with Crippen LogP contribution in [0.3, 0.4) is 0 Å². The number of hydrogen-bond donors (Lipinski definition) is 2. The minimum Gasteiger partial charge on any atom is -0.302 e. The van der Waals surface area contributed by atoms with Crippen LogP contribution in [0.25, 0.3) is 0 Å². The van der Waals surface area contributed by atoms with Crippen molar-refractivity contribution in [3.8, 4) is 0 Å². The molecule has 0 amide bonds. The van der Waals surface area contributed by atoms with E-state index in [2.05, 4.69) is 65.2 Å². The van der Waals surface area contributed by atoms with Gasteiger partial charge < -0.3 is 5.73 Å². The lowest BCUT2D eigenvalue weighted by Crippen LogP contribution is -2.18. The highest BCUT2D eigenvalue weighted by molar-refractivity contribution is 7.32. The van der Waals surface area contributed by atoms with Gasteiger partial charge in [0.1, 0.15) is 0 Å². The first-order valence-electron chi connectivity index (χ1n) is 7.28. The monoisotopic (exact) mass is 320 g/mol. The van der Waals surface area contributed by atoms with Gasteiger partial charge in [0.05, 0.1) is 0 Å². The minimum absolute atomic E-state index is 0.543. The fourth-order valence-electron chi connectivity index (χ4n) is 1.77. The molecule has 0 aliphatic rings. The fourth-order valence-corrected chi connectivity index (χ4v) is 2.15. The Morgan fingerprint density at radius 3 is 1.68 bits per heavy atom. The summed E-state index contributed by atoms with van der Waals surface area (Å²) in [7, 11) is -2.52. The molecule has 2 aromatic rings. The summed E-state index contributed by atoms with van der Waals surface area (Å²) in [6, 6.07) is 21.2. The van der Waals surface area contributed by atoms with E-state index in [1.54, 1.807) is 6.92 Å². The molecule has 0 aliphatic carbocycles. The third-order valence-electron chi connectivity index (χ3n) is 3.02. The highest BCUT2D eigenvalue weighted by Gasteiger charge is 2.16. The van der Waals surface area contributed by atoms with Gasteiger partial charge in [0, 0.05) is 4.57 Å². The van der Waals surface area contributed by atoms with Crippen molar-refractivity contribution in [2.75, 3.05) is 0 Å². The molecule has 2 rings (SSSR count). The van der Waals surface area contributed by atoms with Gasteiger partial charge in [-0.25, -0.2) is 0 Å². The molecule has 22 heavy (non-hydrogen) atoms. The van der Waals surface area contributed by atoms with Crippen LogP contribution in [-0.2, 0) is 21.9 Å². The maximum absolute atomic E-state index is 9.81. The van der Waals surface area contributed by atoms with Gasteiger partial charge in [-0.05, 0) is 30.4 Å². The average Bonchev–Trinajstić information content (AvgIpc) is 2.55. The van der Waals surface area contributed by atoms with Crippen molar-refractivity contribution >= 4 is 8.25 Å². The Labute approximate surface area is 132 Å². The van der Waals surface area contributed by atoms with Crippen molar-refractivity contribution in [2.24, 2.45) is 5.73 Å². The standard InChI is InChI=1S/C14H14.C3H8NO3P/c1-3-7-13(8-4-1)11-12-14-9-5-2-6-10-14;1-2-3(4)7-8(5)6/h1-10H,11-12H2;3H,2,4H2,1H3/p+1. The van der Waals surface area contributed by atoms with Gasteiger partial charge in [-0.15, -0.1) is 9.42 Å². The molecule has 0 fully saturated rings. The predicted octanol–water partition coefficient (Wildman–Crippen LogP) is 3.82. The van der Waals surface area contributed by atoms with Crippen LogP contribution >= 0.6 is 8.25 Å². The third-order valence-corrected chi connectivity index (χ3v) is 3.47. The molecule has 0 spiro atoms. The summed E-state index contributed by atoms with van der Waals surface area (Å²) in [5.41, 5.74) is 7.93. The van der Waals surface area contributed by atoms with Gasteiger partial charge >= 0.3 is 8.25 Å². The van der Waals surface area contributed by atoms with Crippen LogP contribution in [0.5, 0.6) is 0 Å². The van der Waals surface area contributed by atoms with E-state index in [-0.39, 0.29) is 0 Å². The topological polar surface area (TPSA) is 72.5 Å². The van der Waals surface area contributed by atoms with Crippen molar-refractivity contribution < 1.29 is 14.0 Å². The Bertz CT molecular complexity index is 495. The molecule has 5 heteroatoms. The molecule has 0 aromatic heterocycles. The molecule has 2 aromatic carbocycles. The molecule has 2 unspecified atom stereocenters. The van der Waals surface area contributed by atoms with Crippen LogP contribution in [0.4, 0.5) is 0 Å². The van der Waals surface area contributed by atoms with Crippen LogP contribution < -0.4 is 5.73 Å². The summed E-state index contributed by atoms with van der Waals surface area (Å²) in [5.74, 6) is 0. The number of aryl methyl sites for hydroxylation is 2. The molecule has 4 nitrogen and oxygen atoms in total. The zero-order valence-electron chi connectivity index (χ0n) is 12.8. The summed E-state index contributed by atoms with van der Waals surface area (Å²) in [5, 5.41) is 0. The molecule has 0 radical (unpaired) electrons. The molecule has 0 bridgehead atoms. The normalized spacial score (nSPS) is 12.0. The molecular weight excluding hydrogens is 297 g/mol. The number of rotatable bonds is 6. The van der Waals surface area contributed by atoms with Gasteiger partial charge in [0.25, 0.3) is 0 Å². The van der Waals surface area contributed by atoms with E-state index in [9.17, 15) is 4.57 Å². The summed E-state index contributed by atoms with van der Waals surface area (Å²) in [4.78, 5) is 8.06. The molecule has 2 atom stereocenters. The first-order valence-corrected chi connectivity index (χ1v) is 8.41. The lowest BCUT2D eigenvalue weighted by Gasteiger charge is -2.01. The number of benzene rings is 2. The van der Waals surface area contributed by atoms with Crippen molar-refractivity contribution in [1.82, 2.24) is 0 Å². The first kappa shape index (κ1) is 18.5. The molecule has 118 valence electrons. The van der Waals surface area contributed by atoms with E-state index < -0.39 is 14.5 Å². The SMILES string of the molecule is CCC(N)O[P+](=O)O.c1ccc(CCc2ccccc2)cc1. The van der Waals surface area contributed by atoms with Gasteiger partial charge in [-0.3, -0.25) is 0 Å². The average molecular weight is 320 g/mol. The molecule has 0 heterocycles. The maximum atomic E-state index is 9.81. The summed E-state index contributed by atoms with van der Waals surface area (Å²) in [6.07, 6.45) is 2.20. The van der Waals surface area contributed by atoms with Crippen LogP contribution in [0, 0.1) is 0 Å². The Kier molecular flexibility index (Phi) is 9.28. The highest BCUT2D eigenvalue weighted by Crippen LogP contribution is 2.16. The van der Waals surface area contributed by atoms with Gasteiger partial charge in [0.2, 0.25) is 0 Å². The second kappa shape index (κ2) is 11.0. The second-order valence-corrected chi connectivity index (χ2v) is 5.45. The maximum Gasteiger partial charge on any atom is 0.696 e. The van der Waals surface area contributed by atoms with Crippen molar-refractivity contribution in [1.29, 1.82) is 0 Å². The lowest BCUT2D eigenvalue weighted by molar-refractivity contribution is 0.191. The Morgan fingerprint density at radius 2 is 1.41 bits per heavy atom. The summed E-state index contributed by atoms with van der Waals surface area (Å²) in [6.45, 7) is 1.77. The Hall–Kier alpha value is -1.58. The quantitative estimate of drug-likeness (QED) is 0.627. The van der Waals surface area contributed by atoms with Crippen LogP contribution in [0.2, 0.25) is 0 Å². The summed E-state index contributed by atoms with van der Waals surface area (Å²) >= 11 is 0. The van der Waals surface area contributed by atoms with E-state index in [0.29, 0.717) is 6.42 Å². The number of hydrogen-bond acceptors (Lipinski definition) is 3. The second-order valence-electron chi connectivity index (χ2n) is 4.76. The molecular formula is C17H23NO3P+. The van der Waals surface area contributed by atoms with Gasteiger partial charge in [-0.1, -0.05) is 67.6 Å². The Morgan fingerprint density at radius 1 is 1.00 bits per heavy atom. The van der Waals surface area contributed by atoms with Crippen molar-refractivity contribution in [2.45, 2.75) is 32.4 Å². The molecule has 0 saturated carbocycles. The predicted molar refractivity (Wildman–Crippen MR) is 89.5 cm³/mol. The molecule has 0 aliphatic heterocycles. The van der Waals surface area contributed by atoms with Crippen molar-refractivity contribution in [3.05, 3.63) is 71.8 Å². The zero-order valence-corrected chi connectivity index (χ0v) is 13.7. The van der Waals surface area contributed by atoms with Gasteiger partial charge in [-0.2, -0.15) is 0 Å². The molecule has 3 N–H and O–H groups in total. The van der Waals surface area contributed by atoms with Gasteiger partial charge in [0.15, 0.2) is 6.23 Å². The molecule has 0 saturated heterocycles.